The fraction of sp³-hybridized carbons (Fsp3) is 0.0909. The van der Waals surface area contributed by atoms with Crippen molar-refractivity contribution in [3.05, 3.63) is 100 Å². The molecule has 0 bridgehead atoms. The second-order valence-electron chi connectivity index (χ2n) is 6.07. The summed E-state index contributed by atoms with van der Waals surface area (Å²) in [4.78, 5) is 24.9. The molecule has 3 rings (SSSR count). The van der Waals surface area contributed by atoms with Crippen LogP contribution >= 0.6 is 23.2 Å². The van der Waals surface area contributed by atoms with Crippen molar-refractivity contribution in [2.75, 3.05) is 11.9 Å². The molecule has 0 heterocycles. The van der Waals surface area contributed by atoms with Crippen LogP contribution in [0.5, 0.6) is 0 Å². The molecule has 6 heteroatoms. The molecule has 1 N–H and O–H groups in total. The Hall–Kier alpha value is -2.82. The van der Waals surface area contributed by atoms with Gasteiger partial charge in [-0.25, -0.2) is 0 Å². The Balaban J connectivity index is 1.69. The molecule has 4 nitrogen and oxygen atoms in total. The molecule has 0 aliphatic heterocycles. The number of hydrogen-bond acceptors (Lipinski definition) is 3. The van der Waals surface area contributed by atoms with Crippen molar-refractivity contribution in [1.82, 2.24) is 0 Å². The minimum absolute atomic E-state index is 0.396. The van der Waals surface area contributed by atoms with E-state index < -0.39 is 24.4 Å². The SMILES string of the molecule is O=C(COC(=O)C(c1ccccc1)c1ccccc1)Nc1cc(Cl)cc(Cl)c1. The summed E-state index contributed by atoms with van der Waals surface area (Å²) in [6.45, 7) is -0.418. The summed E-state index contributed by atoms with van der Waals surface area (Å²) < 4.78 is 5.29. The van der Waals surface area contributed by atoms with E-state index in [9.17, 15) is 9.59 Å². The summed E-state index contributed by atoms with van der Waals surface area (Å²) in [5.41, 5.74) is 2.02. The van der Waals surface area contributed by atoms with E-state index in [-0.39, 0.29) is 0 Å². The van der Waals surface area contributed by atoms with Crippen LogP contribution in [0.4, 0.5) is 5.69 Å². The molecule has 3 aromatic carbocycles. The maximum Gasteiger partial charge on any atom is 0.318 e. The lowest BCUT2D eigenvalue weighted by atomic mass is 9.91. The van der Waals surface area contributed by atoms with Gasteiger partial charge >= 0.3 is 5.97 Å². The fourth-order valence-electron chi connectivity index (χ4n) is 2.80. The zero-order valence-corrected chi connectivity index (χ0v) is 16.3. The topological polar surface area (TPSA) is 55.4 Å². The third-order valence-corrected chi connectivity index (χ3v) is 4.43. The van der Waals surface area contributed by atoms with Gasteiger partial charge in [0.2, 0.25) is 0 Å². The van der Waals surface area contributed by atoms with Gasteiger partial charge in [-0.15, -0.1) is 0 Å². The highest BCUT2D eigenvalue weighted by Crippen LogP contribution is 2.26. The van der Waals surface area contributed by atoms with Crippen LogP contribution in [0.2, 0.25) is 10.0 Å². The second kappa shape index (κ2) is 9.40. The molecule has 0 saturated heterocycles. The Morgan fingerprint density at radius 1 is 0.821 bits per heavy atom. The van der Waals surface area contributed by atoms with Crippen LogP contribution in [0.1, 0.15) is 17.0 Å². The van der Waals surface area contributed by atoms with Crippen LogP contribution in [0, 0.1) is 0 Å². The number of rotatable bonds is 6. The van der Waals surface area contributed by atoms with Gasteiger partial charge in [0, 0.05) is 15.7 Å². The molecule has 0 aliphatic rings. The highest BCUT2D eigenvalue weighted by molar-refractivity contribution is 6.35. The largest absolute Gasteiger partial charge is 0.455 e. The van der Waals surface area contributed by atoms with Crippen LogP contribution in [-0.2, 0) is 14.3 Å². The lowest BCUT2D eigenvalue weighted by molar-refractivity contribution is -0.147. The summed E-state index contributed by atoms with van der Waals surface area (Å²) >= 11 is 11.8. The van der Waals surface area contributed by atoms with E-state index in [1.54, 1.807) is 18.2 Å². The quantitative estimate of drug-likeness (QED) is 0.557. The summed E-state index contributed by atoms with van der Waals surface area (Å²) in [5.74, 6) is -1.60. The van der Waals surface area contributed by atoms with Gasteiger partial charge in [-0.05, 0) is 29.3 Å². The van der Waals surface area contributed by atoms with E-state index in [4.69, 9.17) is 27.9 Å². The predicted octanol–water partition coefficient (Wildman–Crippen LogP) is 5.31. The van der Waals surface area contributed by atoms with Crippen molar-refractivity contribution in [1.29, 1.82) is 0 Å². The van der Waals surface area contributed by atoms with Gasteiger partial charge in [0.15, 0.2) is 6.61 Å². The molecular formula is C22H17Cl2NO3. The molecule has 0 radical (unpaired) electrons. The monoisotopic (exact) mass is 413 g/mol. The molecule has 1 amide bonds. The van der Waals surface area contributed by atoms with Crippen molar-refractivity contribution in [2.45, 2.75) is 5.92 Å². The standard InChI is InChI=1S/C22H17Cl2NO3/c23-17-11-18(24)13-19(12-17)25-20(26)14-28-22(27)21(15-7-3-1-4-8-15)16-9-5-2-6-10-16/h1-13,21H,14H2,(H,25,26). The van der Waals surface area contributed by atoms with Gasteiger partial charge in [0.25, 0.3) is 5.91 Å². The van der Waals surface area contributed by atoms with E-state index in [0.29, 0.717) is 15.7 Å². The Labute approximate surface area is 173 Å². The first-order valence-electron chi connectivity index (χ1n) is 8.55. The molecule has 0 aromatic heterocycles. The van der Waals surface area contributed by atoms with Crippen LogP contribution in [0.25, 0.3) is 0 Å². The van der Waals surface area contributed by atoms with Crippen LogP contribution < -0.4 is 5.32 Å². The lowest BCUT2D eigenvalue weighted by Gasteiger charge is -2.17. The number of amides is 1. The van der Waals surface area contributed by atoms with Gasteiger partial charge in [-0.1, -0.05) is 83.9 Å². The first kappa shape index (κ1) is 19.9. The van der Waals surface area contributed by atoms with Crippen molar-refractivity contribution < 1.29 is 14.3 Å². The third kappa shape index (κ3) is 5.35. The zero-order valence-electron chi connectivity index (χ0n) is 14.8. The van der Waals surface area contributed by atoms with Crippen molar-refractivity contribution in [2.24, 2.45) is 0 Å². The van der Waals surface area contributed by atoms with E-state index >= 15 is 0 Å². The Morgan fingerprint density at radius 3 is 1.82 bits per heavy atom. The van der Waals surface area contributed by atoms with Gasteiger partial charge in [-0.2, -0.15) is 0 Å². The predicted molar refractivity (Wildman–Crippen MR) is 111 cm³/mol. The number of ether oxygens (including phenoxy) is 1. The van der Waals surface area contributed by atoms with E-state index in [2.05, 4.69) is 5.32 Å². The zero-order chi connectivity index (χ0) is 19.9. The summed E-state index contributed by atoms with van der Waals surface area (Å²) in [7, 11) is 0. The molecule has 28 heavy (non-hydrogen) atoms. The first-order valence-corrected chi connectivity index (χ1v) is 9.31. The smallest absolute Gasteiger partial charge is 0.318 e. The van der Waals surface area contributed by atoms with Gasteiger partial charge < -0.3 is 10.1 Å². The maximum atomic E-state index is 12.8. The van der Waals surface area contributed by atoms with Crippen molar-refractivity contribution in [3.8, 4) is 0 Å². The average molecular weight is 414 g/mol. The van der Waals surface area contributed by atoms with Gasteiger partial charge in [0.1, 0.15) is 5.92 Å². The second-order valence-corrected chi connectivity index (χ2v) is 6.94. The van der Waals surface area contributed by atoms with E-state index in [1.165, 1.54) is 0 Å². The van der Waals surface area contributed by atoms with Crippen molar-refractivity contribution >= 4 is 40.8 Å². The number of benzene rings is 3. The minimum Gasteiger partial charge on any atom is -0.455 e. The van der Waals surface area contributed by atoms with E-state index in [1.807, 2.05) is 60.7 Å². The molecule has 0 saturated carbocycles. The molecule has 3 aromatic rings. The lowest BCUT2D eigenvalue weighted by Crippen LogP contribution is -2.24. The Kier molecular flexibility index (Phi) is 6.69. The molecular weight excluding hydrogens is 397 g/mol. The highest BCUT2D eigenvalue weighted by Gasteiger charge is 2.24. The average Bonchev–Trinajstić information content (AvgIpc) is 2.67. The third-order valence-electron chi connectivity index (χ3n) is 3.99. The molecule has 0 unspecified atom stereocenters. The molecule has 142 valence electrons. The molecule has 0 spiro atoms. The molecule has 0 aliphatic carbocycles. The number of halogens is 2. The molecule has 0 fully saturated rings. The van der Waals surface area contributed by atoms with Crippen LogP contribution in [0.15, 0.2) is 78.9 Å². The number of carbonyl (C=O) groups excluding carboxylic acids is 2. The number of carbonyl (C=O) groups is 2. The minimum atomic E-state index is -0.615. The van der Waals surface area contributed by atoms with Gasteiger partial charge in [0.05, 0.1) is 0 Å². The van der Waals surface area contributed by atoms with Gasteiger partial charge in [-0.3, -0.25) is 9.59 Å². The molecule has 0 atom stereocenters. The Morgan fingerprint density at radius 2 is 1.32 bits per heavy atom. The van der Waals surface area contributed by atoms with Crippen LogP contribution in [-0.4, -0.2) is 18.5 Å². The highest BCUT2D eigenvalue weighted by atomic mass is 35.5. The van der Waals surface area contributed by atoms with Crippen LogP contribution in [0.3, 0.4) is 0 Å². The van der Waals surface area contributed by atoms with E-state index in [0.717, 1.165) is 11.1 Å². The summed E-state index contributed by atoms with van der Waals surface area (Å²) in [6, 6.07) is 23.3. The number of nitrogens with one attached hydrogen (secondary N) is 1. The normalized spacial score (nSPS) is 10.5. The van der Waals surface area contributed by atoms with Crippen molar-refractivity contribution in [3.63, 3.8) is 0 Å². The first-order chi connectivity index (χ1) is 13.5. The number of hydrogen-bond donors (Lipinski definition) is 1. The summed E-state index contributed by atoms with van der Waals surface area (Å²) in [6.07, 6.45) is 0. The summed E-state index contributed by atoms with van der Waals surface area (Å²) in [5, 5.41) is 3.40. The Bertz CT molecular complexity index is 902. The number of anilines is 1. The number of esters is 1. The fourth-order valence-corrected chi connectivity index (χ4v) is 3.32. The maximum absolute atomic E-state index is 12.8.